The van der Waals surface area contributed by atoms with E-state index in [1.54, 1.807) is 0 Å². The fraction of sp³-hybridized carbons (Fsp3) is 0.385. The van der Waals surface area contributed by atoms with Crippen molar-refractivity contribution in [3.8, 4) is 11.8 Å². The molecule has 2 heteroatoms. The van der Waals surface area contributed by atoms with Gasteiger partial charge >= 0.3 is 0 Å². The number of nitrogens with one attached hydrogen (secondary N) is 1. The number of halogens is 1. The van der Waals surface area contributed by atoms with Crippen LogP contribution in [0.4, 0.5) is 0 Å². The molecular formula is C13H16ClN. The summed E-state index contributed by atoms with van der Waals surface area (Å²) in [6, 6.07) is 8.28. The molecular weight excluding hydrogens is 206 g/mol. The van der Waals surface area contributed by atoms with Crippen LogP contribution in [0.5, 0.6) is 0 Å². The Balaban J connectivity index is 2.41. The van der Waals surface area contributed by atoms with Crippen LogP contribution in [0.25, 0.3) is 0 Å². The zero-order chi connectivity index (χ0) is 11.1. The van der Waals surface area contributed by atoms with E-state index in [0.29, 0.717) is 6.04 Å². The zero-order valence-electron chi connectivity index (χ0n) is 9.18. The molecule has 0 unspecified atom stereocenters. The monoisotopic (exact) mass is 221 g/mol. The van der Waals surface area contributed by atoms with E-state index >= 15 is 0 Å². The second-order valence-corrected chi connectivity index (χ2v) is 3.84. The highest BCUT2D eigenvalue weighted by atomic mass is 35.5. The fourth-order valence-electron chi connectivity index (χ4n) is 1.35. The molecule has 0 heterocycles. The standard InChI is InChI=1S/C13H16ClN/c1-3-4-5-10-15-11(2)12-6-8-13(14)9-7-12/h6-9,11,15H,5,10H2,1-2H3/t11-/m1/s1. The van der Waals surface area contributed by atoms with Crippen LogP contribution in [0.2, 0.25) is 5.02 Å². The molecule has 0 radical (unpaired) electrons. The quantitative estimate of drug-likeness (QED) is 0.607. The molecule has 0 fully saturated rings. The molecule has 1 aromatic carbocycles. The molecule has 1 N–H and O–H groups in total. The van der Waals surface area contributed by atoms with Gasteiger partial charge in [0, 0.05) is 24.0 Å². The predicted octanol–water partition coefficient (Wildman–Crippen LogP) is 3.40. The van der Waals surface area contributed by atoms with Crippen molar-refractivity contribution in [1.82, 2.24) is 5.32 Å². The van der Waals surface area contributed by atoms with Gasteiger partial charge in [-0.2, -0.15) is 0 Å². The summed E-state index contributed by atoms with van der Waals surface area (Å²) >= 11 is 5.82. The molecule has 0 aromatic heterocycles. The van der Waals surface area contributed by atoms with Crippen LogP contribution in [-0.4, -0.2) is 6.54 Å². The van der Waals surface area contributed by atoms with Gasteiger partial charge in [0.1, 0.15) is 0 Å². The molecule has 0 bridgehead atoms. The van der Waals surface area contributed by atoms with Gasteiger partial charge in [-0.3, -0.25) is 0 Å². The van der Waals surface area contributed by atoms with Gasteiger partial charge in [0.25, 0.3) is 0 Å². The fourth-order valence-corrected chi connectivity index (χ4v) is 1.47. The second kappa shape index (κ2) is 6.50. The Morgan fingerprint density at radius 3 is 2.60 bits per heavy atom. The molecule has 1 nitrogen and oxygen atoms in total. The maximum Gasteiger partial charge on any atom is 0.0406 e. The minimum atomic E-state index is 0.348. The van der Waals surface area contributed by atoms with Crippen LogP contribution in [-0.2, 0) is 0 Å². The van der Waals surface area contributed by atoms with Gasteiger partial charge in [0.2, 0.25) is 0 Å². The molecule has 0 saturated heterocycles. The van der Waals surface area contributed by atoms with E-state index in [-0.39, 0.29) is 0 Å². The van der Waals surface area contributed by atoms with Crippen molar-refractivity contribution < 1.29 is 0 Å². The molecule has 1 aromatic rings. The summed E-state index contributed by atoms with van der Waals surface area (Å²) in [6.07, 6.45) is 0.897. The third kappa shape index (κ3) is 4.38. The predicted molar refractivity (Wildman–Crippen MR) is 65.9 cm³/mol. The van der Waals surface area contributed by atoms with Crippen LogP contribution < -0.4 is 5.32 Å². The van der Waals surface area contributed by atoms with Crippen molar-refractivity contribution in [2.24, 2.45) is 0 Å². The molecule has 0 aliphatic heterocycles. The first-order valence-corrected chi connectivity index (χ1v) is 5.50. The lowest BCUT2D eigenvalue weighted by Gasteiger charge is -2.13. The van der Waals surface area contributed by atoms with E-state index < -0.39 is 0 Å². The minimum Gasteiger partial charge on any atom is -0.309 e. The van der Waals surface area contributed by atoms with Crippen LogP contribution >= 0.6 is 11.6 Å². The molecule has 0 aliphatic carbocycles. The Kier molecular flexibility index (Phi) is 5.25. The van der Waals surface area contributed by atoms with Gasteiger partial charge in [-0.1, -0.05) is 23.7 Å². The molecule has 0 spiro atoms. The van der Waals surface area contributed by atoms with Gasteiger partial charge in [-0.25, -0.2) is 0 Å². The van der Waals surface area contributed by atoms with Crippen molar-refractivity contribution in [3.63, 3.8) is 0 Å². The largest absolute Gasteiger partial charge is 0.309 e. The molecule has 80 valence electrons. The van der Waals surface area contributed by atoms with E-state index in [1.807, 2.05) is 31.2 Å². The van der Waals surface area contributed by atoms with Crippen LogP contribution in [0.15, 0.2) is 24.3 Å². The average Bonchev–Trinajstić information content (AvgIpc) is 2.25. The summed E-state index contributed by atoms with van der Waals surface area (Å²) in [5.41, 5.74) is 1.25. The Morgan fingerprint density at radius 2 is 2.00 bits per heavy atom. The molecule has 1 rings (SSSR count). The highest BCUT2D eigenvalue weighted by molar-refractivity contribution is 6.30. The van der Waals surface area contributed by atoms with Gasteiger partial charge in [0.15, 0.2) is 0 Å². The molecule has 0 aliphatic rings. The van der Waals surface area contributed by atoms with Crippen LogP contribution in [0.3, 0.4) is 0 Å². The van der Waals surface area contributed by atoms with Gasteiger partial charge < -0.3 is 5.32 Å². The van der Waals surface area contributed by atoms with Gasteiger partial charge in [-0.15, -0.1) is 11.8 Å². The van der Waals surface area contributed by atoms with E-state index in [0.717, 1.165) is 18.0 Å². The summed E-state index contributed by atoms with van der Waals surface area (Å²) in [7, 11) is 0. The molecule has 1 atom stereocenters. The lowest BCUT2D eigenvalue weighted by Crippen LogP contribution is -2.19. The van der Waals surface area contributed by atoms with Crippen molar-refractivity contribution in [1.29, 1.82) is 0 Å². The highest BCUT2D eigenvalue weighted by Crippen LogP contribution is 2.15. The first-order chi connectivity index (χ1) is 7.24. The number of rotatable bonds is 4. The Bertz CT molecular complexity index is 345. The van der Waals surface area contributed by atoms with Gasteiger partial charge in [0.05, 0.1) is 0 Å². The smallest absolute Gasteiger partial charge is 0.0406 e. The topological polar surface area (TPSA) is 12.0 Å². The lowest BCUT2D eigenvalue weighted by atomic mass is 10.1. The summed E-state index contributed by atoms with van der Waals surface area (Å²) in [4.78, 5) is 0. The van der Waals surface area contributed by atoms with Crippen molar-refractivity contribution >= 4 is 11.6 Å². The van der Waals surface area contributed by atoms with Crippen molar-refractivity contribution in [3.05, 3.63) is 34.9 Å². The molecule has 0 amide bonds. The normalized spacial score (nSPS) is 11.7. The third-order valence-corrected chi connectivity index (χ3v) is 2.50. The molecule has 0 saturated carbocycles. The third-order valence-electron chi connectivity index (χ3n) is 2.25. The van der Waals surface area contributed by atoms with E-state index in [1.165, 1.54) is 5.56 Å². The summed E-state index contributed by atoms with van der Waals surface area (Å²) in [5, 5.41) is 4.19. The summed E-state index contributed by atoms with van der Waals surface area (Å²) < 4.78 is 0. The highest BCUT2D eigenvalue weighted by Gasteiger charge is 2.02. The molecule has 15 heavy (non-hydrogen) atoms. The van der Waals surface area contributed by atoms with Crippen molar-refractivity contribution in [2.75, 3.05) is 6.54 Å². The second-order valence-electron chi connectivity index (χ2n) is 3.40. The van der Waals surface area contributed by atoms with Crippen molar-refractivity contribution in [2.45, 2.75) is 26.3 Å². The average molecular weight is 222 g/mol. The Hall–Kier alpha value is -0.970. The Morgan fingerprint density at radius 1 is 1.33 bits per heavy atom. The summed E-state index contributed by atoms with van der Waals surface area (Å²) in [5.74, 6) is 5.91. The summed E-state index contributed by atoms with van der Waals surface area (Å²) in [6.45, 7) is 4.93. The van der Waals surface area contributed by atoms with Crippen LogP contribution in [0.1, 0.15) is 31.9 Å². The van der Waals surface area contributed by atoms with E-state index in [2.05, 4.69) is 24.1 Å². The number of hydrogen-bond acceptors (Lipinski definition) is 1. The zero-order valence-corrected chi connectivity index (χ0v) is 9.93. The SMILES string of the molecule is CC#CCCN[C@H](C)c1ccc(Cl)cc1. The first-order valence-electron chi connectivity index (χ1n) is 5.12. The van der Waals surface area contributed by atoms with E-state index in [4.69, 9.17) is 11.6 Å². The minimum absolute atomic E-state index is 0.348. The maximum absolute atomic E-state index is 5.82. The van der Waals surface area contributed by atoms with Gasteiger partial charge in [-0.05, 0) is 31.5 Å². The Labute approximate surface area is 96.8 Å². The lowest BCUT2D eigenvalue weighted by molar-refractivity contribution is 0.584. The van der Waals surface area contributed by atoms with E-state index in [9.17, 15) is 0 Å². The number of hydrogen-bond donors (Lipinski definition) is 1. The number of benzene rings is 1. The van der Waals surface area contributed by atoms with Crippen LogP contribution in [0, 0.1) is 11.8 Å². The first kappa shape index (κ1) is 12.1. The maximum atomic E-state index is 5.82.